The fourth-order valence-corrected chi connectivity index (χ4v) is 2.83. The first-order chi connectivity index (χ1) is 8.31. The molecule has 1 aromatic heterocycles. The summed E-state index contributed by atoms with van der Waals surface area (Å²) < 4.78 is 0. The number of rotatable bonds is 5. The number of carboxylic acid groups (broad SMARTS) is 1. The zero-order chi connectivity index (χ0) is 13.9. The number of carbonyl (C=O) groups excluding carboxylic acids is 1. The summed E-state index contributed by atoms with van der Waals surface area (Å²) in [6.45, 7) is 8.38. The molecule has 0 radical (unpaired) electrons. The Hall–Kier alpha value is -1.36. The van der Waals surface area contributed by atoms with Crippen molar-refractivity contribution in [2.45, 2.75) is 39.2 Å². The van der Waals surface area contributed by atoms with Crippen molar-refractivity contribution in [1.29, 1.82) is 0 Å². The molecular weight excluding hydrogens is 250 g/mol. The lowest BCUT2D eigenvalue weighted by Gasteiger charge is -2.22. The van der Waals surface area contributed by atoms with Crippen LogP contribution in [0.4, 0.5) is 0 Å². The number of nitrogens with zero attached hydrogens (tertiary/aromatic N) is 1. The Kier molecular flexibility index (Phi) is 4.51. The number of carboxylic acids is 1. The molecule has 18 heavy (non-hydrogen) atoms. The van der Waals surface area contributed by atoms with Crippen LogP contribution in [0.5, 0.6) is 0 Å². The number of thiophene rings is 1. The van der Waals surface area contributed by atoms with Gasteiger partial charge in [0.05, 0.1) is 0 Å². The number of hydrogen-bond donors (Lipinski definition) is 1. The maximum Gasteiger partial charge on any atom is 0.331 e. The molecule has 0 fully saturated rings. The maximum absolute atomic E-state index is 11.3. The molecule has 100 valence electrons. The molecule has 0 bridgehead atoms. The molecule has 0 saturated heterocycles. The molecule has 1 amide bonds. The molecule has 0 aliphatic heterocycles. The van der Waals surface area contributed by atoms with Crippen molar-refractivity contribution in [1.82, 2.24) is 4.90 Å². The van der Waals surface area contributed by atoms with Crippen LogP contribution in [0.1, 0.15) is 43.5 Å². The van der Waals surface area contributed by atoms with Crippen LogP contribution in [0.2, 0.25) is 0 Å². The first kappa shape index (κ1) is 14.7. The Morgan fingerprint density at radius 1 is 1.50 bits per heavy atom. The molecule has 0 aliphatic carbocycles. The third kappa shape index (κ3) is 3.10. The van der Waals surface area contributed by atoms with Gasteiger partial charge in [0.15, 0.2) is 6.04 Å². The smallest absolute Gasteiger partial charge is 0.331 e. The zero-order valence-corrected chi connectivity index (χ0v) is 12.0. The van der Waals surface area contributed by atoms with Crippen LogP contribution in [0.15, 0.2) is 12.1 Å². The maximum atomic E-state index is 11.3. The average Bonchev–Trinajstić information content (AvgIpc) is 2.73. The second kappa shape index (κ2) is 5.52. The molecule has 0 aliphatic rings. The molecule has 1 atom stereocenters. The fourth-order valence-electron chi connectivity index (χ4n) is 1.65. The van der Waals surface area contributed by atoms with E-state index >= 15 is 0 Å². The van der Waals surface area contributed by atoms with E-state index in [-0.39, 0.29) is 5.41 Å². The van der Waals surface area contributed by atoms with Gasteiger partial charge in [0.1, 0.15) is 0 Å². The van der Waals surface area contributed by atoms with Gasteiger partial charge in [-0.3, -0.25) is 4.79 Å². The van der Waals surface area contributed by atoms with Crippen LogP contribution in [0.3, 0.4) is 0 Å². The summed E-state index contributed by atoms with van der Waals surface area (Å²) in [7, 11) is 0. The quantitative estimate of drug-likeness (QED) is 0.836. The van der Waals surface area contributed by atoms with Gasteiger partial charge in [-0.2, -0.15) is 0 Å². The summed E-state index contributed by atoms with van der Waals surface area (Å²) >= 11 is 1.45. The highest BCUT2D eigenvalue weighted by Crippen LogP contribution is 2.34. The molecule has 1 heterocycles. The molecule has 1 aromatic rings. The zero-order valence-electron chi connectivity index (χ0n) is 11.1. The van der Waals surface area contributed by atoms with Crippen LogP contribution in [0, 0.1) is 0 Å². The molecule has 5 heteroatoms. The molecule has 0 spiro atoms. The lowest BCUT2D eigenvalue weighted by Crippen LogP contribution is -2.32. The van der Waals surface area contributed by atoms with Crippen molar-refractivity contribution < 1.29 is 14.7 Å². The Morgan fingerprint density at radius 3 is 2.44 bits per heavy atom. The third-order valence-corrected chi connectivity index (χ3v) is 4.26. The van der Waals surface area contributed by atoms with Gasteiger partial charge >= 0.3 is 5.97 Å². The second-order valence-corrected chi connectivity index (χ2v) is 6.24. The second-order valence-electron chi connectivity index (χ2n) is 5.13. The minimum atomic E-state index is -0.994. The molecule has 1 unspecified atom stereocenters. The summed E-state index contributed by atoms with van der Waals surface area (Å²) in [5, 5.41) is 9.28. The molecule has 1 rings (SSSR count). The summed E-state index contributed by atoms with van der Waals surface area (Å²) in [6, 6.07) is 2.86. The van der Waals surface area contributed by atoms with Crippen LogP contribution in [-0.4, -0.2) is 28.9 Å². The number of likely N-dealkylation sites (N-methyl/N-ethyl adjacent to an activating group) is 1. The molecule has 4 nitrogen and oxygen atoms in total. The van der Waals surface area contributed by atoms with Gasteiger partial charge in [-0.1, -0.05) is 20.8 Å². The van der Waals surface area contributed by atoms with Crippen LogP contribution >= 0.6 is 11.3 Å². The van der Waals surface area contributed by atoms with Crippen LogP contribution < -0.4 is 0 Å². The summed E-state index contributed by atoms with van der Waals surface area (Å²) in [6.07, 6.45) is 0.593. The monoisotopic (exact) mass is 269 g/mol. The van der Waals surface area contributed by atoms with E-state index in [0.29, 0.717) is 17.8 Å². The van der Waals surface area contributed by atoms with Gasteiger partial charge in [0, 0.05) is 16.3 Å². The van der Waals surface area contributed by atoms with E-state index in [0.717, 1.165) is 4.88 Å². The topological polar surface area (TPSA) is 57.6 Å². The van der Waals surface area contributed by atoms with Crippen molar-refractivity contribution in [3.8, 4) is 0 Å². The van der Waals surface area contributed by atoms with Crippen LogP contribution in [0.25, 0.3) is 0 Å². The first-order valence-corrected chi connectivity index (χ1v) is 6.67. The largest absolute Gasteiger partial charge is 0.479 e. The predicted octanol–water partition coefficient (Wildman–Crippen LogP) is 2.65. The van der Waals surface area contributed by atoms with Gasteiger partial charge in [0.2, 0.25) is 6.41 Å². The Morgan fingerprint density at radius 2 is 2.11 bits per heavy atom. The molecular formula is C13H19NO3S. The van der Waals surface area contributed by atoms with Crippen molar-refractivity contribution in [3.05, 3.63) is 21.9 Å². The normalized spacial score (nSPS) is 13.1. The lowest BCUT2D eigenvalue weighted by molar-refractivity contribution is -0.146. The number of aliphatic carboxylic acids is 1. The Bertz CT molecular complexity index is 434. The SMILES string of the molecule is CCN(C=O)C(C(=O)O)c1ccc(C(C)(C)C)s1. The van der Waals surface area contributed by atoms with E-state index in [1.807, 2.05) is 6.07 Å². The van der Waals surface area contributed by atoms with Crippen molar-refractivity contribution in [3.63, 3.8) is 0 Å². The highest BCUT2D eigenvalue weighted by atomic mass is 32.1. The van der Waals surface area contributed by atoms with E-state index in [1.54, 1.807) is 13.0 Å². The van der Waals surface area contributed by atoms with Gasteiger partial charge in [0.25, 0.3) is 0 Å². The van der Waals surface area contributed by atoms with E-state index < -0.39 is 12.0 Å². The van der Waals surface area contributed by atoms with E-state index in [1.165, 1.54) is 16.2 Å². The predicted molar refractivity (Wildman–Crippen MR) is 71.8 cm³/mol. The minimum absolute atomic E-state index is 0.00973. The molecule has 1 N–H and O–H groups in total. The van der Waals surface area contributed by atoms with Gasteiger partial charge in [-0.15, -0.1) is 11.3 Å². The first-order valence-electron chi connectivity index (χ1n) is 5.85. The van der Waals surface area contributed by atoms with Gasteiger partial charge in [-0.05, 0) is 24.5 Å². The standard InChI is InChI=1S/C13H19NO3S/c1-5-14(8-15)11(12(16)17)9-6-7-10(18-9)13(2,3)4/h6-8,11H,5H2,1-4H3,(H,16,17). The summed E-state index contributed by atoms with van der Waals surface area (Å²) in [5.41, 5.74) is -0.00973. The summed E-state index contributed by atoms with van der Waals surface area (Å²) in [4.78, 5) is 25.4. The molecule has 0 saturated carbocycles. The van der Waals surface area contributed by atoms with E-state index in [4.69, 9.17) is 0 Å². The van der Waals surface area contributed by atoms with Crippen molar-refractivity contribution in [2.75, 3.05) is 6.54 Å². The minimum Gasteiger partial charge on any atom is -0.479 e. The van der Waals surface area contributed by atoms with Crippen molar-refractivity contribution in [2.24, 2.45) is 0 Å². The highest BCUT2D eigenvalue weighted by Gasteiger charge is 2.28. The van der Waals surface area contributed by atoms with E-state index in [2.05, 4.69) is 20.8 Å². The Balaban J connectivity index is 3.11. The van der Waals surface area contributed by atoms with Gasteiger partial charge in [-0.25, -0.2) is 4.79 Å². The van der Waals surface area contributed by atoms with Gasteiger partial charge < -0.3 is 10.0 Å². The number of amides is 1. The van der Waals surface area contributed by atoms with Crippen molar-refractivity contribution >= 4 is 23.7 Å². The van der Waals surface area contributed by atoms with Crippen LogP contribution in [-0.2, 0) is 15.0 Å². The number of carbonyl (C=O) groups is 2. The number of hydrogen-bond acceptors (Lipinski definition) is 3. The fraction of sp³-hybridized carbons (Fsp3) is 0.538. The summed E-state index contributed by atoms with van der Waals surface area (Å²) in [5.74, 6) is -0.994. The molecule has 0 aromatic carbocycles. The average molecular weight is 269 g/mol. The third-order valence-electron chi connectivity index (χ3n) is 2.70. The Labute approximate surface area is 111 Å². The lowest BCUT2D eigenvalue weighted by atomic mass is 9.95. The highest BCUT2D eigenvalue weighted by molar-refractivity contribution is 7.12. The van der Waals surface area contributed by atoms with E-state index in [9.17, 15) is 14.7 Å².